The van der Waals surface area contributed by atoms with E-state index in [0.29, 0.717) is 11.6 Å². The summed E-state index contributed by atoms with van der Waals surface area (Å²) in [5.74, 6) is -3.01. The molecule has 2 aromatic carbocycles. The summed E-state index contributed by atoms with van der Waals surface area (Å²) >= 11 is 0. The van der Waals surface area contributed by atoms with E-state index in [2.05, 4.69) is 0 Å². The van der Waals surface area contributed by atoms with Crippen molar-refractivity contribution >= 4 is 23.0 Å². The predicted octanol–water partition coefficient (Wildman–Crippen LogP) is 3.03. The monoisotopic (exact) mass is 355 g/mol. The van der Waals surface area contributed by atoms with Crippen LogP contribution in [0.4, 0.5) is 8.78 Å². The standard InChI is InChI=1S/C20H15F2NO3/c1-12(24)19-17(14-7-15(21)9-16(22)8-14)10-23(20(19)26)11-18(25)13-5-3-2-4-6-13/h2-9H,10-11H2,1H3. The first-order chi connectivity index (χ1) is 12.4. The third-order valence-electron chi connectivity index (χ3n) is 4.15. The van der Waals surface area contributed by atoms with Crippen molar-refractivity contribution in [3.05, 3.63) is 76.9 Å². The molecule has 1 aliphatic rings. The fraction of sp³-hybridized carbons (Fsp3) is 0.150. The number of Topliss-reactive ketones (excluding diaryl/α,β-unsaturated/α-hetero) is 2. The van der Waals surface area contributed by atoms with E-state index in [-0.39, 0.29) is 35.6 Å². The van der Waals surface area contributed by atoms with Crippen molar-refractivity contribution < 1.29 is 23.2 Å². The van der Waals surface area contributed by atoms with Crippen molar-refractivity contribution in [3.8, 4) is 0 Å². The van der Waals surface area contributed by atoms with E-state index in [9.17, 15) is 23.2 Å². The normalized spacial score (nSPS) is 14.1. The van der Waals surface area contributed by atoms with Crippen molar-refractivity contribution in [2.75, 3.05) is 13.1 Å². The van der Waals surface area contributed by atoms with Crippen LogP contribution < -0.4 is 0 Å². The number of benzene rings is 2. The summed E-state index contributed by atoms with van der Waals surface area (Å²) < 4.78 is 27.1. The number of carbonyl (C=O) groups excluding carboxylic acids is 3. The SMILES string of the molecule is CC(=O)C1=C(c2cc(F)cc(F)c2)CN(CC(=O)c2ccccc2)C1=O. The molecule has 0 bridgehead atoms. The Bertz CT molecular complexity index is 915. The molecule has 0 saturated carbocycles. The highest BCUT2D eigenvalue weighted by Gasteiger charge is 2.34. The molecule has 6 heteroatoms. The van der Waals surface area contributed by atoms with Gasteiger partial charge in [0.15, 0.2) is 11.6 Å². The summed E-state index contributed by atoms with van der Waals surface area (Å²) in [5, 5.41) is 0. The van der Waals surface area contributed by atoms with E-state index in [1.807, 2.05) is 0 Å². The van der Waals surface area contributed by atoms with Gasteiger partial charge in [-0.25, -0.2) is 8.78 Å². The third kappa shape index (κ3) is 3.44. The van der Waals surface area contributed by atoms with Crippen LogP contribution in [0.2, 0.25) is 0 Å². The van der Waals surface area contributed by atoms with Gasteiger partial charge in [0, 0.05) is 18.2 Å². The highest BCUT2D eigenvalue weighted by Crippen LogP contribution is 2.29. The van der Waals surface area contributed by atoms with E-state index in [1.54, 1.807) is 30.3 Å². The van der Waals surface area contributed by atoms with Crippen molar-refractivity contribution in [2.24, 2.45) is 0 Å². The summed E-state index contributed by atoms with van der Waals surface area (Å²) in [4.78, 5) is 38.1. The lowest BCUT2D eigenvalue weighted by Crippen LogP contribution is -2.33. The highest BCUT2D eigenvalue weighted by molar-refractivity contribution is 6.26. The molecule has 132 valence electrons. The van der Waals surface area contributed by atoms with Gasteiger partial charge in [-0.1, -0.05) is 30.3 Å². The molecule has 0 N–H and O–H groups in total. The van der Waals surface area contributed by atoms with E-state index >= 15 is 0 Å². The Hall–Kier alpha value is -3.15. The van der Waals surface area contributed by atoms with Crippen LogP contribution in [-0.4, -0.2) is 35.5 Å². The minimum atomic E-state index is -0.804. The van der Waals surface area contributed by atoms with Gasteiger partial charge in [-0.3, -0.25) is 14.4 Å². The summed E-state index contributed by atoms with van der Waals surface area (Å²) in [6.45, 7) is 0.932. The molecule has 0 saturated heterocycles. The first kappa shape index (κ1) is 17.7. The zero-order chi connectivity index (χ0) is 18.8. The molecule has 0 spiro atoms. The molecule has 0 aromatic heterocycles. The lowest BCUT2D eigenvalue weighted by atomic mass is 10.00. The Morgan fingerprint density at radius 2 is 1.65 bits per heavy atom. The van der Waals surface area contributed by atoms with Gasteiger partial charge < -0.3 is 4.90 Å². The van der Waals surface area contributed by atoms with Crippen LogP contribution in [0, 0.1) is 11.6 Å². The van der Waals surface area contributed by atoms with Crippen molar-refractivity contribution in [1.29, 1.82) is 0 Å². The van der Waals surface area contributed by atoms with Gasteiger partial charge in [-0.05, 0) is 30.2 Å². The number of nitrogens with zero attached hydrogens (tertiary/aromatic N) is 1. The molecule has 0 unspecified atom stereocenters. The Kier molecular flexibility index (Phi) is 4.75. The number of amides is 1. The minimum absolute atomic E-state index is 0.0603. The van der Waals surface area contributed by atoms with Gasteiger partial charge >= 0.3 is 0 Å². The molecule has 0 aliphatic carbocycles. The number of ketones is 2. The summed E-state index contributed by atoms with van der Waals surface area (Å²) in [7, 11) is 0. The fourth-order valence-corrected chi connectivity index (χ4v) is 2.97. The van der Waals surface area contributed by atoms with E-state index < -0.39 is 23.3 Å². The van der Waals surface area contributed by atoms with Crippen LogP contribution in [0.15, 0.2) is 54.1 Å². The summed E-state index contributed by atoms with van der Waals surface area (Å²) in [6.07, 6.45) is 0. The van der Waals surface area contributed by atoms with Crippen LogP contribution in [-0.2, 0) is 9.59 Å². The molecule has 0 atom stereocenters. The highest BCUT2D eigenvalue weighted by atomic mass is 19.1. The van der Waals surface area contributed by atoms with Crippen LogP contribution in [0.1, 0.15) is 22.8 Å². The maximum Gasteiger partial charge on any atom is 0.258 e. The average molecular weight is 355 g/mol. The van der Waals surface area contributed by atoms with Crippen LogP contribution in [0.25, 0.3) is 5.57 Å². The molecule has 1 heterocycles. The average Bonchev–Trinajstić information content (AvgIpc) is 2.91. The molecule has 26 heavy (non-hydrogen) atoms. The zero-order valence-corrected chi connectivity index (χ0v) is 14.0. The molecular formula is C20H15F2NO3. The zero-order valence-electron chi connectivity index (χ0n) is 14.0. The maximum absolute atomic E-state index is 13.5. The maximum atomic E-state index is 13.5. The number of halogens is 2. The number of hydrogen-bond acceptors (Lipinski definition) is 3. The second-order valence-corrected chi connectivity index (χ2v) is 6.02. The Morgan fingerprint density at radius 3 is 2.23 bits per heavy atom. The van der Waals surface area contributed by atoms with Gasteiger partial charge in [-0.2, -0.15) is 0 Å². The molecule has 2 aromatic rings. The first-order valence-electron chi connectivity index (χ1n) is 7.95. The molecule has 1 aliphatic heterocycles. The van der Waals surface area contributed by atoms with Crippen LogP contribution >= 0.6 is 0 Å². The largest absolute Gasteiger partial charge is 0.326 e. The van der Waals surface area contributed by atoms with Crippen molar-refractivity contribution in [3.63, 3.8) is 0 Å². The van der Waals surface area contributed by atoms with Gasteiger partial charge in [0.05, 0.1) is 12.1 Å². The molecule has 4 nitrogen and oxygen atoms in total. The van der Waals surface area contributed by atoms with Crippen LogP contribution in [0.5, 0.6) is 0 Å². The second-order valence-electron chi connectivity index (χ2n) is 6.02. The molecular weight excluding hydrogens is 340 g/mol. The summed E-state index contributed by atoms with van der Waals surface area (Å²) in [5.41, 5.74) is 0.642. The Labute approximate surface area is 148 Å². The van der Waals surface area contributed by atoms with Gasteiger partial charge in [0.25, 0.3) is 5.91 Å². The van der Waals surface area contributed by atoms with Gasteiger partial charge in [0.2, 0.25) is 0 Å². The lowest BCUT2D eigenvalue weighted by molar-refractivity contribution is -0.127. The third-order valence-corrected chi connectivity index (χ3v) is 4.15. The topological polar surface area (TPSA) is 54.5 Å². The smallest absolute Gasteiger partial charge is 0.258 e. The van der Waals surface area contributed by atoms with Crippen LogP contribution in [0.3, 0.4) is 0 Å². The quantitative estimate of drug-likeness (QED) is 0.612. The Morgan fingerprint density at radius 1 is 1.04 bits per heavy atom. The molecule has 3 rings (SSSR count). The summed E-state index contributed by atoms with van der Waals surface area (Å²) in [6, 6.07) is 11.3. The number of hydrogen-bond donors (Lipinski definition) is 0. The number of carbonyl (C=O) groups is 3. The molecule has 0 radical (unpaired) electrons. The van der Waals surface area contributed by atoms with E-state index in [0.717, 1.165) is 12.1 Å². The molecule has 0 fully saturated rings. The number of rotatable bonds is 5. The fourth-order valence-electron chi connectivity index (χ4n) is 2.97. The van der Waals surface area contributed by atoms with Crippen molar-refractivity contribution in [2.45, 2.75) is 6.92 Å². The second kappa shape index (κ2) is 7.00. The Balaban J connectivity index is 1.91. The lowest BCUT2D eigenvalue weighted by Gasteiger charge is -2.16. The van der Waals surface area contributed by atoms with E-state index in [4.69, 9.17) is 0 Å². The van der Waals surface area contributed by atoms with Gasteiger partial charge in [0.1, 0.15) is 11.6 Å². The minimum Gasteiger partial charge on any atom is -0.326 e. The molecule has 1 amide bonds. The van der Waals surface area contributed by atoms with E-state index in [1.165, 1.54) is 11.8 Å². The first-order valence-corrected chi connectivity index (χ1v) is 7.95. The predicted molar refractivity (Wildman–Crippen MR) is 91.3 cm³/mol. The van der Waals surface area contributed by atoms with Gasteiger partial charge in [-0.15, -0.1) is 0 Å². The van der Waals surface area contributed by atoms with Crippen molar-refractivity contribution in [1.82, 2.24) is 4.90 Å².